The third-order valence-electron chi connectivity index (χ3n) is 4.23. The number of methoxy groups -OCH3 is 1. The number of hydrogen-bond acceptors (Lipinski definition) is 4. The molecule has 1 N–H and O–H groups in total. The fraction of sp³-hybridized carbons (Fsp3) is 0.474. The number of ether oxygens (including phenoxy) is 2. The van der Waals surface area contributed by atoms with Crippen LogP contribution in [0.25, 0.3) is 5.57 Å². The zero-order chi connectivity index (χ0) is 18.2. The molecule has 1 saturated heterocycles. The first-order chi connectivity index (χ1) is 12.0. The van der Waals surface area contributed by atoms with Gasteiger partial charge in [0.15, 0.2) is 0 Å². The van der Waals surface area contributed by atoms with Gasteiger partial charge in [0.2, 0.25) is 5.91 Å². The van der Waals surface area contributed by atoms with Gasteiger partial charge < -0.3 is 19.5 Å². The van der Waals surface area contributed by atoms with Crippen molar-refractivity contribution < 1.29 is 24.2 Å². The number of amides is 1. The first-order valence-corrected chi connectivity index (χ1v) is 8.45. The highest BCUT2D eigenvalue weighted by Crippen LogP contribution is 2.25. The Balaban J connectivity index is 2.14. The third-order valence-corrected chi connectivity index (χ3v) is 4.23. The van der Waals surface area contributed by atoms with E-state index in [0.717, 1.165) is 24.0 Å². The van der Waals surface area contributed by atoms with Crippen LogP contribution in [0.5, 0.6) is 5.75 Å². The molecule has 25 heavy (non-hydrogen) atoms. The van der Waals surface area contributed by atoms with E-state index in [2.05, 4.69) is 0 Å². The van der Waals surface area contributed by atoms with Crippen molar-refractivity contribution in [1.29, 1.82) is 0 Å². The Morgan fingerprint density at radius 1 is 1.40 bits per heavy atom. The maximum Gasteiger partial charge on any atom is 0.305 e. The van der Waals surface area contributed by atoms with Gasteiger partial charge in [0.25, 0.3) is 0 Å². The fourth-order valence-electron chi connectivity index (χ4n) is 2.88. The molecule has 1 amide bonds. The van der Waals surface area contributed by atoms with Gasteiger partial charge in [-0.25, -0.2) is 0 Å². The van der Waals surface area contributed by atoms with Crippen molar-refractivity contribution in [3.8, 4) is 5.75 Å². The number of nitrogens with zero attached hydrogens (tertiary/aromatic N) is 1. The number of benzene rings is 1. The number of allylic oxidation sites excluding steroid dienone is 1. The fourth-order valence-corrected chi connectivity index (χ4v) is 2.88. The van der Waals surface area contributed by atoms with Crippen molar-refractivity contribution in [3.05, 3.63) is 35.9 Å². The predicted octanol–water partition coefficient (Wildman–Crippen LogP) is 2.58. The first kappa shape index (κ1) is 19.0. The summed E-state index contributed by atoms with van der Waals surface area (Å²) in [5.41, 5.74) is 1.61. The molecular weight excluding hydrogens is 322 g/mol. The van der Waals surface area contributed by atoms with Crippen LogP contribution in [0.2, 0.25) is 0 Å². The van der Waals surface area contributed by atoms with Gasteiger partial charge in [-0.2, -0.15) is 0 Å². The van der Waals surface area contributed by atoms with E-state index < -0.39 is 5.97 Å². The quantitative estimate of drug-likeness (QED) is 0.732. The van der Waals surface area contributed by atoms with Gasteiger partial charge in [0, 0.05) is 31.3 Å². The van der Waals surface area contributed by atoms with Crippen molar-refractivity contribution in [2.24, 2.45) is 0 Å². The van der Waals surface area contributed by atoms with Gasteiger partial charge >= 0.3 is 5.97 Å². The van der Waals surface area contributed by atoms with Crippen LogP contribution in [0.3, 0.4) is 0 Å². The second-order valence-electron chi connectivity index (χ2n) is 6.09. The molecule has 0 saturated carbocycles. The summed E-state index contributed by atoms with van der Waals surface area (Å²) in [4.78, 5) is 25.1. The lowest BCUT2D eigenvalue weighted by Gasteiger charge is -2.24. The molecule has 136 valence electrons. The van der Waals surface area contributed by atoms with E-state index in [9.17, 15) is 9.59 Å². The lowest BCUT2D eigenvalue weighted by molar-refractivity contribution is -0.138. The Kier molecular flexibility index (Phi) is 7.01. The Morgan fingerprint density at radius 2 is 2.16 bits per heavy atom. The molecule has 1 aliphatic heterocycles. The van der Waals surface area contributed by atoms with E-state index in [0.29, 0.717) is 18.9 Å². The molecule has 6 nitrogen and oxygen atoms in total. The number of carbonyl (C=O) groups excluding carboxylic acids is 1. The smallest absolute Gasteiger partial charge is 0.305 e. The molecule has 1 atom stereocenters. The van der Waals surface area contributed by atoms with Crippen LogP contribution in [0.4, 0.5) is 0 Å². The Morgan fingerprint density at radius 3 is 2.80 bits per heavy atom. The van der Waals surface area contributed by atoms with E-state index in [-0.39, 0.29) is 25.0 Å². The van der Waals surface area contributed by atoms with E-state index in [1.54, 1.807) is 12.0 Å². The molecule has 0 aromatic heterocycles. The second kappa shape index (κ2) is 9.22. The summed E-state index contributed by atoms with van der Waals surface area (Å²) in [6.45, 7) is 3.13. The Labute approximate surface area is 148 Å². The largest absolute Gasteiger partial charge is 0.496 e. The van der Waals surface area contributed by atoms with Crippen molar-refractivity contribution in [3.63, 3.8) is 0 Å². The molecule has 1 aliphatic rings. The van der Waals surface area contributed by atoms with Gasteiger partial charge in [-0.3, -0.25) is 9.59 Å². The average molecular weight is 347 g/mol. The summed E-state index contributed by atoms with van der Waals surface area (Å²) in [5.74, 6) is -0.434. The number of carboxylic acid groups (broad SMARTS) is 1. The number of hydrogen-bond donors (Lipinski definition) is 1. The van der Waals surface area contributed by atoms with Crippen LogP contribution in [0.15, 0.2) is 30.3 Å². The molecule has 1 fully saturated rings. The average Bonchev–Trinajstić information content (AvgIpc) is 3.11. The van der Waals surface area contributed by atoms with Gasteiger partial charge in [0.05, 0.1) is 19.6 Å². The highest BCUT2D eigenvalue weighted by Gasteiger charge is 2.22. The topological polar surface area (TPSA) is 76.1 Å². The molecule has 2 rings (SSSR count). The molecule has 1 aromatic rings. The van der Waals surface area contributed by atoms with Crippen molar-refractivity contribution >= 4 is 17.4 Å². The van der Waals surface area contributed by atoms with Crippen molar-refractivity contribution in [1.82, 2.24) is 4.90 Å². The van der Waals surface area contributed by atoms with Gasteiger partial charge in [0.1, 0.15) is 5.75 Å². The van der Waals surface area contributed by atoms with Gasteiger partial charge in [-0.15, -0.1) is 0 Å². The van der Waals surface area contributed by atoms with E-state index in [1.807, 2.05) is 31.2 Å². The highest BCUT2D eigenvalue weighted by atomic mass is 16.5. The minimum Gasteiger partial charge on any atom is -0.496 e. The van der Waals surface area contributed by atoms with Crippen LogP contribution in [0.1, 0.15) is 31.7 Å². The van der Waals surface area contributed by atoms with Crippen LogP contribution >= 0.6 is 0 Å². The van der Waals surface area contributed by atoms with E-state index in [4.69, 9.17) is 14.6 Å². The number of carboxylic acids is 1. The molecule has 0 bridgehead atoms. The maximum atomic E-state index is 12.7. The number of aliphatic carboxylic acids is 1. The van der Waals surface area contributed by atoms with Crippen molar-refractivity contribution in [2.45, 2.75) is 32.3 Å². The minimum atomic E-state index is -0.921. The van der Waals surface area contributed by atoms with Crippen molar-refractivity contribution in [2.75, 3.05) is 26.8 Å². The normalized spacial score (nSPS) is 17.4. The number of para-hydroxylation sites is 1. The molecule has 6 heteroatoms. The van der Waals surface area contributed by atoms with E-state index >= 15 is 0 Å². The third kappa shape index (κ3) is 5.60. The number of carbonyl (C=O) groups is 2. The molecular formula is C19H25NO5. The van der Waals surface area contributed by atoms with Crippen LogP contribution in [0, 0.1) is 0 Å². The van der Waals surface area contributed by atoms with Crippen LogP contribution in [-0.4, -0.2) is 54.8 Å². The van der Waals surface area contributed by atoms with E-state index in [1.165, 1.54) is 6.08 Å². The van der Waals surface area contributed by atoms with Crippen LogP contribution < -0.4 is 4.74 Å². The first-order valence-electron chi connectivity index (χ1n) is 8.45. The summed E-state index contributed by atoms with van der Waals surface area (Å²) in [7, 11) is 1.59. The molecule has 1 unspecified atom stereocenters. The lowest BCUT2D eigenvalue weighted by Crippen LogP contribution is -2.38. The standard InChI is InChI=1S/C19H25NO5/c1-14(16-7-3-4-8-17(16)24-2)12-18(21)20(10-9-19(22)23)13-15-6-5-11-25-15/h3-4,7-8,12,15H,5-6,9-11,13H2,1-2H3,(H,22,23)/b14-12+. The number of rotatable bonds is 8. The zero-order valence-electron chi connectivity index (χ0n) is 14.7. The summed E-state index contributed by atoms with van der Waals surface area (Å²) in [6.07, 6.45) is 3.31. The monoisotopic (exact) mass is 347 g/mol. The lowest BCUT2D eigenvalue weighted by atomic mass is 10.1. The van der Waals surface area contributed by atoms with Gasteiger partial charge in [-0.05, 0) is 31.4 Å². The highest BCUT2D eigenvalue weighted by molar-refractivity contribution is 5.95. The maximum absolute atomic E-state index is 12.7. The second-order valence-corrected chi connectivity index (χ2v) is 6.09. The SMILES string of the molecule is COc1ccccc1/C(C)=C/C(=O)N(CCC(=O)O)CC1CCCO1. The molecule has 0 spiro atoms. The van der Waals surface area contributed by atoms with Crippen LogP contribution in [-0.2, 0) is 14.3 Å². The summed E-state index contributed by atoms with van der Waals surface area (Å²) < 4.78 is 10.9. The summed E-state index contributed by atoms with van der Waals surface area (Å²) in [5, 5.41) is 8.93. The molecule has 1 heterocycles. The summed E-state index contributed by atoms with van der Waals surface area (Å²) in [6, 6.07) is 7.48. The molecule has 1 aromatic carbocycles. The predicted molar refractivity (Wildman–Crippen MR) is 94.5 cm³/mol. The molecule has 0 aliphatic carbocycles. The zero-order valence-corrected chi connectivity index (χ0v) is 14.7. The Bertz CT molecular complexity index is 634. The molecule has 0 radical (unpaired) electrons. The van der Waals surface area contributed by atoms with Gasteiger partial charge in [-0.1, -0.05) is 18.2 Å². The Hall–Kier alpha value is -2.34. The summed E-state index contributed by atoms with van der Waals surface area (Å²) >= 11 is 0. The minimum absolute atomic E-state index is 0.0160.